The maximum absolute atomic E-state index is 11.2. The Bertz CT molecular complexity index is 221. The minimum Gasteiger partial charge on any atom is -0.444 e. The van der Waals surface area contributed by atoms with Crippen molar-refractivity contribution in [3.8, 4) is 0 Å². The van der Waals surface area contributed by atoms with Gasteiger partial charge in [-0.25, -0.2) is 4.79 Å². The summed E-state index contributed by atoms with van der Waals surface area (Å²) in [6.07, 6.45) is -0.470. The van der Waals surface area contributed by atoms with Gasteiger partial charge in [0.1, 0.15) is 11.2 Å². The quantitative estimate of drug-likeness (QED) is 0.727. The van der Waals surface area contributed by atoms with Gasteiger partial charge >= 0.3 is 6.09 Å². The molecule has 4 nitrogen and oxygen atoms in total. The highest BCUT2D eigenvalue weighted by molar-refractivity contribution is 8.00. The third-order valence-corrected chi connectivity index (χ3v) is 3.19. The van der Waals surface area contributed by atoms with Crippen LogP contribution in [0, 0.1) is 0 Å². The lowest BCUT2D eigenvalue weighted by molar-refractivity contribution is 0.0390. The zero-order valence-corrected chi connectivity index (χ0v) is 9.61. The highest BCUT2D eigenvalue weighted by Gasteiger charge is 2.35. The third kappa shape index (κ3) is 3.75. The molecule has 0 aliphatic carbocycles. The molecule has 1 fully saturated rings. The molecule has 0 saturated carbocycles. The van der Waals surface area contributed by atoms with Gasteiger partial charge in [0, 0.05) is 11.5 Å². The van der Waals surface area contributed by atoms with Crippen molar-refractivity contribution in [3.05, 3.63) is 0 Å². The summed E-state index contributed by atoms with van der Waals surface area (Å²) < 4.78 is 5.03. The Labute approximate surface area is 88.4 Å². The molecule has 1 aliphatic heterocycles. The average Bonchev–Trinajstić information content (AvgIpc) is 1.94. The second-order valence-electron chi connectivity index (χ2n) is 4.57. The monoisotopic (exact) mass is 219 g/mol. The number of thioether (sulfide) groups is 1. The summed E-state index contributed by atoms with van der Waals surface area (Å²) in [5, 5.41) is 12.2. The van der Waals surface area contributed by atoms with Crippen LogP contribution in [-0.4, -0.2) is 40.5 Å². The molecule has 0 atom stereocenters. The first-order chi connectivity index (χ1) is 6.31. The lowest BCUT2D eigenvalue weighted by Gasteiger charge is -2.35. The molecule has 1 rings (SSSR count). The Kier molecular flexibility index (Phi) is 3.32. The van der Waals surface area contributed by atoms with E-state index in [2.05, 4.69) is 5.32 Å². The molecule has 0 spiro atoms. The largest absolute Gasteiger partial charge is 0.444 e. The van der Waals surface area contributed by atoms with Crippen molar-refractivity contribution in [2.45, 2.75) is 32.0 Å². The Morgan fingerprint density at radius 2 is 2.14 bits per heavy atom. The van der Waals surface area contributed by atoms with Gasteiger partial charge in [-0.15, -0.1) is 0 Å². The molecule has 0 aromatic heterocycles. The van der Waals surface area contributed by atoms with Crippen LogP contribution in [0.5, 0.6) is 0 Å². The molecule has 0 unspecified atom stereocenters. The molecule has 5 heteroatoms. The molecule has 1 amide bonds. The molecule has 1 heterocycles. The zero-order chi connectivity index (χ0) is 10.8. The minimum absolute atomic E-state index is 0.273. The molecule has 0 aromatic rings. The van der Waals surface area contributed by atoms with Crippen molar-refractivity contribution >= 4 is 17.9 Å². The third-order valence-electron chi connectivity index (χ3n) is 1.70. The molecule has 0 bridgehead atoms. The van der Waals surface area contributed by atoms with Crippen LogP contribution < -0.4 is 5.32 Å². The summed E-state index contributed by atoms with van der Waals surface area (Å²) in [7, 11) is 0. The van der Waals surface area contributed by atoms with Crippen LogP contribution in [0.2, 0.25) is 0 Å². The van der Waals surface area contributed by atoms with E-state index in [0.717, 1.165) is 0 Å². The van der Waals surface area contributed by atoms with Crippen LogP contribution in [-0.2, 0) is 4.74 Å². The number of carbonyl (C=O) groups is 1. The van der Waals surface area contributed by atoms with Gasteiger partial charge in [0.2, 0.25) is 0 Å². The lowest BCUT2D eigenvalue weighted by atomic mass is 10.1. The van der Waals surface area contributed by atoms with Gasteiger partial charge < -0.3 is 15.2 Å². The summed E-state index contributed by atoms with van der Waals surface area (Å²) in [5.74, 6) is 1.37. The van der Waals surface area contributed by atoms with E-state index in [1.807, 2.05) is 0 Å². The van der Waals surface area contributed by atoms with Gasteiger partial charge in [0.15, 0.2) is 0 Å². The fourth-order valence-corrected chi connectivity index (χ4v) is 1.87. The summed E-state index contributed by atoms with van der Waals surface area (Å²) in [6.45, 7) is 5.69. The van der Waals surface area contributed by atoms with E-state index in [4.69, 9.17) is 4.74 Å². The highest BCUT2D eigenvalue weighted by Crippen LogP contribution is 2.28. The van der Waals surface area contributed by atoms with E-state index >= 15 is 0 Å². The fraction of sp³-hybridized carbons (Fsp3) is 0.889. The van der Waals surface area contributed by atoms with E-state index in [-0.39, 0.29) is 6.54 Å². The fourth-order valence-electron chi connectivity index (χ4n) is 0.991. The predicted molar refractivity (Wildman–Crippen MR) is 56.5 cm³/mol. The number of aliphatic hydroxyl groups is 1. The van der Waals surface area contributed by atoms with E-state index in [1.54, 1.807) is 32.5 Å². The highest BCUT2D eigenvalue weighted by atomic mass is 32.2. The van der Waals surface area contributed by atoms with Gasteiger partial charge in [0.05, 0.1) is 6.54 Å². The summed E-state index contributed by atoms with van der Waals surface area (Å²) >= 11 is 1.67. The normalized spacial score (nSPS) is 19.7. The second kappa shape index (κ2) is 3.98. The van der Waals surface area contributed by atoms with Crippen molar-refractivity contribution in [2.75, 3.05) is 18.1 Å². The number of hydrogen-bond acceptors (Lipinski definition) is 4. The van der Waals surface area contributed by atoms with E-state index < -0.39 is 17.3 Å². The summed E-state index contributed by atoms with van der Waals surface area (Å²) in [4.78, 5) is 11.2. The van der Waals surface area contributed by atoms with Gasteiger partial charge in [0.25, 0.3) is 0 Å². The van der Waals surface area contributed by atoms with Gasteiger partial charge in [-0.05, 0) is 20.8 Å². The standard InChI is InChI=1S/C9H17NO3S/c1-8(2,3)13-7(11)10-4-9(12)5-14-6-9/h12H,4-6H2,1-3H3,(H,10,11). The van der Waals surface area contributed by atoms with Crippen molar-refractivity contribution in [3.63, 3.8) is 0 Å². The van der Waals surface area contributed by atoms with Crippen LogP contribution in [0.15, 0.2) is 0 Å². The van der Waals surface area contributed by atoms with Gasteiger partial charge in [-0.1, -0.05) is 0 Å². The molecule has 1 aliphatic rings. The topological polar surface area (TPSA) is 58.6 Å². The van der Waals surface area contributed by atoms with E-state index in [1.165, 1.54) is 0 Å². The number of ether oxygens (including phenoxy) is 1. The van der Waals surface area contributed by atoms with Crippen LogP contribution in [0.1, 0.15) is 20.8 Å². The number of hydrogen-bond donors (Lipinski definition) is 2. The molecule has 1 saturated heterocycles. The number of amides is 1. The number of nitrogens with one attached hydrogen (secondary N) is 1. The molecule has 0 aromatic carbocycles. The second-order valence-corrected chi connectivity index (χ2v) is 5.56. The van der Waals surface area contributed by atoms with Crippen molar-refractivity contribution in [1.82, 2.24) is 5.32 Å². The van der Waals surface area contributed by atoms with E-state index in [9.17, 15) is 9.90 Å². The van der Waals surface area contributed by atoms with Gasteiger partial charge in [-0.2, -0.15) is 11.8 Å². The Balaban J connectivity index is 2.21. The first-order valence-corrected chi connectivity index (χ1v) is 5.73. The molecule has 14 heavy (non-hydrogen) atoms. The minimum atomic E-state index is -0.721. The molecule has 0 radical (unpaired) electrons. The summed E-state index contributed by atoms with van der Waals surface area (Å²) in [5.41, 5.74) is -1.21. The molecule has 2 N–H and O–H groups in total. The maximum Gasteiger partial charge on any atom is 0.407 e. The number of rotatable bonds is 2. The van der Waals surface area contributed by atoms with Gasteiger partial charge in [-0.3, -0.25) is 0 Å². The first-order valence-electron chi connectivity index (χ1n) is 4.58. The van der Waals surface area contributed by atoms with Crippen molar-refractivity contribution < 1.29 is 14.6 Å². The average molecular weight is 219 g/mol. The van der Waals surface area contributed by atoms with Crippen LogP contribution in [0.3, 0.4) is 0 Å². The van der Waals surface area contributed by atoms with Crippen LogP contribution in [0.4, 0.5) is 4.79 Å². The Morgan fingerprint density at radius 3 is 2.50 bits per heavy atom. The summed E-state index contributed by atoms with van der Waals surface area (Å²) in [6, 6.07) is 0. The van der Waals surface area contributed by atoms with E-state index in [0.29, 0.717) is 11.5 Å². The molecular formula is C9H17NO3S. The smallest absolute Gasteiger partial charge is 0.407 e. The first kappa shape index (κ1) is 11.7. The predicted octanol–water partition coefficient (Wildman–Crippen LogP) is 0.989. The SMILES string of the molecule is CC(C)(C)OC(=O)NCC1(O)CSC1. The Morgan fingerprint density at radius 1 is 1.57 bits per heavy atom. The Hall–Kier alpha value is -0.420. The van der Waals surface area contributed by atoms with Crippen molar-refractivity contribution in [1.29, 1.82) is 0 Å². The zero-order valence-electron chi connectivity index (χ0n) is 8.79. The number of carbonyl (C=O) groups excluding carboxylic acids is 1. The van der Waals surface area contributed by atoms with Crippen LogP contribution in [0.25, 0.3) is 0 Å². The molecule has 82 valence electrons. The molecular weight excluding hydrogens is 202 g/mol. The van der Waals surface area contributed by atoms with Crippen LogP contribution >= 0.6 is 11.8 Å². The maximum atomic E-state index is 11.2. The van der Waals surface area contributed by atoms with Crippen molar-refractivity contribution in [2.24, 2.45) is 0 Å². The lowest BCUT2D eigenvalue weighted by Crippen LogP contribution is -2.53. The number of alkyl carbamates (subject to hydrolysis) is 1.